The molecule has 2 aliphatic rings. The normalized spacial score (nSPS) is 17.6. The quantitative estimate of drug-likeness (QED) is 0.359. The molecule has 39 heavy (non-hydrogen) atoms. The zero-order valence-corrected chi connectivity index (χ0v) is 21.8. The summed E-state index contributed by atoms with van der Waals surface area (Å²) < 4.78 is 28.5. The van der Waals surface area contributed by atoms with Crippen LogP contribution in [0.3, 0.4) is 0 Å². The van der Waals surface area contributed by atoms with Gasteiger partial charge in [0, 0.05) is 72.8 Å². The third-order valence-corrected chi connectivity index (χ3v) is 9.21. The number of nitrogens with one attached hydrogen (secondary N) is 1. The van der Waals surface area contributed by atoms with Crippen molar-refractivity contribution in [2.45, 2.75) is 23.8 Å². The maximum Gasteiger partial charge on any atom is 0.271 e. The molecule has 3 aromatic heterocycles. The zero-order valence-electron chi connectivity index (χ0n) is 20.9. The Morgan fingerprint density at radius 2 is 1.77 bits per heavy atom. The molecule has 1 unspecified atom stereocenters. The molecule has 0 radical (unpaired) electrons. The molecule has 7 rings (SSSR count). The molecular formula is C28H25N7O3S. The number of anilines is 3. The van der Waals surface area contributed by atoms with Crippen molar-refractivity contribution in [2.75, 3.05) is 29.9 Å². The van der Waals surface area contributed by atoms with Gasteiger partial charge in [0.25, 0.3) is 10.0 Å². The van der Waals surface area contributed by atoms with Crippen LogP contribution in [-0.4, -0.2) is 63.8 Å². The van der Waals surface area contributed by atoms with Crippen LogP contribution in [0, 0.1) is 0 Å². The highest BCUT2D eigenvalue weighted by Crippen LogP contribution is 2.29. The largest absolute Gasteiger partial charge is 0.368 e. The van der Waals surface area contributed by atoms with Crippen LogP contribution in [-0.2, 0) is 14.8 Å². The first kappa shape index (κ1) is 23.6. The number of hydrogen-bond donors (Lipinski definition) is 1. The Kier molecular flexibility index (Phi) is 5.48. The Balaban J connectivity index is 1.15. The minimum absolute atomic E-state index is 0.115. The van der Waals surface area contributed by atoms with E-state index in [2.05, 4.69) is 25.2 Å². The zero-order chi connectivity index (χ0) is 26.6. The maximum atomic E-state index is 13.7. The van der Waals surface area contributed by atoms with Crippen LogP contribution in [0.4, 0.5) is 17.3 Å². The van der Waals surface area contributed by atoms with E-state index in [0.717, 1.165) is 42.8 Å². The van der Waals surface area contributed by atoms with Crippen molar-refractivity contribution in [3.05, 3.63) is 79.3 Å². The van der Waals surface area contributed by atoms with E-state index < -0.39 is 10.0 Å². The van der Waals surface area contributed by atoms with Gasteiger partial charge in [-0.2, -0.15) is 4.98 Å². The standard InChI is InChI=1S/C28H25N7O3S/c36-25-11-10-23-18-33(15-16-34(23)25)22-8-6-21(7-9-22)31-28-30-17-20-12-14-35(27(20)32-28)39(37,38)24-5-1-3-19-4-2-13-29-26(19)24/h1-9,12-14,17,23H,10-11,15-16,18H2,(H,30,31,32). The molecule has 5 heterocycles. The number of benzene rings is 2. The van der Waals surface area contributed by atoms with Crippen molar-refractivity contribution < 1.29 is 13.2 Å². The van der Waals surface area contributed by atoms with E-state index in [-0.39, 0.29) is 16.4 Å². The van der Waals surface area contributed by atoms with Crippen LogP contribution < -0.4 is 10.2 Å². The Morgan fingerprint density at radius 3 is 2.64 bits per heavy atom. The van der Waals surface area contributed by atoms with E-state index >= 15 is 0 Å². The van der Waals surface area contributed by atoms with Gasteiger partial charge in [-0.05, 0) is 48.9 Å². The second-order valence-electron chi connectivity index (χ2n) is 9.82. The number of aromatic nitrogens is 4. The highest BCUT2D eigenvalue weighted by Gasteiger charge is 2.35. The number of para-hydroxylation sites is 1. The lowest BCUT2D eigenvalue weighted by molar-refractivity contribution is -0.129. The summed E-state index contributed by atoms with van der Waals surface area (Å²) in [5.74, 6) is 0.559. The van der Waals surface area contributed by atoms with Gasteiger partial charge in [-0.15, -0.1) is 0 Å². The van der Waals surface area contributed by atoms with Crippen LogP contribution in [0.25, 0.3) is 21.9 Å². The molecule has 0 spiro atoms. The Hall–Kier alpha value is -4.51. The summed E-state index contributed by atoms with van der Waals surface area (Å²) in [6.45, 7) is 2.41. The van der Waals surface area contributed by atoms with Crippen molar-refractivity contribution in [3.8, 4) is 0 Å². The first-order chi connectivity index (χ1) is 19.0. The molecule has 11 heteroatoms. The fourth-order valence-electron chi connectivity index (χ4n) is 5.52. The lowest BCUT2D eigenvalue weighted by atomic mass is 10.1. The van der Waals surface area contributed by atoms with Crippen molar-refractivity contribution in [1.82, 2.24) is 23.8 Å². The first-order valence-electron chi connectivity index (χ1n) is 12.8. The van der Waals surface area contributed by atoms with E-state index in [9.17, 15) is 13.2 Å². The van der Waals surface area contributed by atoms with Gasteiger partial charge in [0.15, 0.2) is 5.65 Å². The lowest BCUT2D eigenvalue weighted by Crippen LogP contribution is -2.51. The molecular weight excluding hydrogens is 514 g/mol. The summed E-state index contributed by atoms with van der Waals surface area (Å²) in [7, 11) is -3.96. The molecule has 2 aromatic carbocycles. The van der Waals surface area contributed by atoms with E-state index in [4.69, 9.17) is 0 Å². The number of rotatable bonds is 5. The molecule has 10 nitrogen and oxygen atoms in total. The summed E-state index contributed by atoms with van der Waals surface area (Å²) in [6, 6.07) is 18.7. The Morgan fingerprint density at radius 1 is 0.923 bits per heavy atom. The smallest absolute Gasteiger partial charge is 0.271 e. The SMILES string of the molecule is O=C1CCC2CN(c3ccc(Nc4ncc5ccn(S(=O)(=O)c6cccc7cccnc67)c5n4)cc3)CCN12. The lowest BCUT2D eigenvalue weighted by Gasteiger charge is -2.38. The molecule has 0 saturated carbocycles. The van der Waals surface area contributed by atoms with Crippen LogP contribution in [0.2, 0.25) is 0 Å². The molecule has 1 N–H and O–H groups in total. The highest BCUT2D eigenvalue weighted by molar-refractivity contribution is 7.90. The molecule has 196 valence electrons. The molecule has 2 aliphatic heterocycles. The Bertz CT molecular complexity index is 1830. The second-order valence-corrected chi connectivity index (χ2v) is 11.6. The number of carbonyl (C=O) groups excluding carboxylic acids is 1. The fraction of sp³-hybridized carbons (Fsp3) is 0.214. The summed E-state index contributed by atoms with van der Waals surface area (Å²) in [6.07, 6.45) is 6.25. The van der Waals surface area contributed by atoms with Crippen molar-refractivity contribution in [3.63, 3.8) is 0 Å². The van der Waals surface area contributed by atoms with Crippen molar-refractivity contribution >= 4 is 55.2 Å². The number of pyridine rings is 1. The van der Waals surface area contributed by atoms with E-state index in [1.165, 1.54) is 10.2 Å². The number of piperazine rings is 1. The summed E-state index contributed by atoms with van der Waals surface area (Å²) in [5, 5.41) is 4.55. The molecule has 2 fully saturated rings. The van der Waals surface area contributed by atoms with Gasteiger partial charge in [-0.1, -0.05) is 18.2 Å². The number of amides is 1. The molecule has 2 saturated heterocycles. The van der Waals surface area contributed by atoms with Gasteiger partial charge in [0.05, 0.1) is 5.52 Å². The van der Waals surface area contributed by atoms with Gasteiger partial charge in [-0.3, -0.25) is 9.78 Å². The number of fused-ring (bicyclic) bond motifs is 3. The maximum absolute atomic E-state index is 13.7. The molecule has 5 aromatic rings. The summed E-state index contributed by atoms with van der Waals surface area (Å²) in [4.78, 5) is 29.7. The number of carbonyl (C=O) groups is 1. The van der Waals surface area contributed by atoms with Crippen molar-refractivity contribution in [1.29, 1.82) is 0 Å². The van der Waals surface area contributed by atoms with E-state index in [0.29, 0.717) is 29.3 Å². The second kappa shape index (κ2) is 9.05. The van der Waals surface area contributed by atoms with Gasteiger partial charge in [0.1, 0.15) is 4.90 Å². The predicted molar refractivity (Wildman–Crippen MR) is 149 cm³/mol. The summed E-state index contributed by atoms with van der Waals surface area (Å²) in [5.41, 5.74) is 2.57. The monoisotopic (exact) mass is 539 g/mol. The third-order valence-electron chi connectivity index (χ3n) is 7.51. The molecule has 1 atom stereocenters. The molecule has 0 aliphatic carbocycles. The van der Waals surface area contributed by atoms with Crippen molar-refractivity contribution in [2.24, 2.45) is 0 Å². The first-order valence-corrected chi connectivity index (χ1v) is 14.3. The average Bonchev–Trinajstić information content (AvgIpc) is 3.56. The molecule has 0 bridgehead atoms. The minimum Gasteiger partial charge on any atom is -0.368 e. The van der Waals surface area contributed by atoms with E-state index in [1.807, 2.05) is 41.3 Å². The number of nitrogens with zero attached hydrogens (tertiary/aromatic N) is 6. The Labute approximate surface area is 225 Å². The third kappa shape index (κ3) is 4.06. The van der Waals surface area contributed by atoms with Gasteiger partial charge < -0.3 is 15.1 Å². The van der Waals surface area contributed by atoms with Crippen LogP contribution in [0.5, 0.6) is 0 Å². The number of hydrogen-bond acceptors (Lipinski definition) is 8. The summed E-state index contributed by atoms with van der Waals surface area (Å²) >= 11 is 0. The van der Waals surface area contributed by atoms with Gasteiger partial charge >= 0.3 is 0 Å². The highest BCUT2D eigenvalue weighted by atomic mass is 32.2. The van der Waals surface area contributed by atoms with Gasteiger partial charge in [-0.25, -0.2) is 17.4 Å². The van der Waals surface area contributed by atoms with Gasteiger partial charge in [0.2, 0.25) is 11.9 Å². The van der Waals surface area contributed by atoms with E-state index in [1.54, 1.807) is 36.7 Å². The van der Waals surface area contributed by atoms with Crippen LogP contribution in [0.15, 0.2) is 84.1 Å². The fourth-order valence-corrected chi connectivity index (χ4v) is 7.00. The minimum atomic E-state index is -3.96. The molecule has 1 amide bonds. The van der Waals surface area contributed by atoms with Crippen LogP contribution >= 0.6 is 0 Å². The van der Waals surface area contributed by atoms with Crippen LogP contribution in [0.1, 0.15) is 12.8 Å². The average molecular weight is 540 g/mol. The topological polar surface area (TPSA) is 113 Å². The predicted octanol–water partition coefficient (Wildman–Crippen LogP) is 3.77.